The number of hydrogen-bond acceptors (Lipinski definition) is 3. The van der Waals surface area contributed by atoms with Crippen molar-refractivity contribution in [1.29, 1.82) is 0 Å². The number of halogens is 3. The molecule has 1 aromatic heterocycles. The molecule has 0 spiro atoms. The second kappa shape index (κ2) is 3.53. The van der Waals surface area contributed by atoms with E-state index in [4.69, 9.17) is 23.2 Å². The Hall–Kier alpha value is -0.580. The van der Waals surface area contributed by atoms with Gasteiger partial charge in [0.1, 0.15) is 5.52 Å². The summed E-state index contributed by atoms with van der Waals surface area (Å²) in [5.74, 6) is 0.00806. The van der Waals surface area contributed by atoms with Crippen LogP contribution in [-0.4, -0.2) is 15.1 Å². The minimum absolute atomic E-state index is 0.00806. The summed E-state index contributed by atoms with van der Waals surface area (Å²) < 4.78 is 0.477. The van der Waals surface area contributed by atoms with Crippen molar-refractivity contribution in [1.82, 2.24) is 9.97 Å². The van der Waals surface area contributed by atoms with E-state index in [0.717, 1.165) is 0 Å². The molecule has 0 saturated carbocycles. The molecule has 0 fully saturated rings. The van der Waals surface area contributed by atoms with E-state index in [0.29, 0.717) is 20.4 Å². The molecule has 72 valence electrons. The highest BCUT2D eigenvalue weighted by molar-refractivity contribution is 9.10. The van der Waals surface area contributed by atoms with Crippen molar-refractivity contribution in [2.45, 2.75) is 0 Å². The van der Waals surface area contributed by atoms with Crippen LogP contribution in [0.5, 0.6) is 5.75 Å². The van der Waals surface area contributed by atoms with Gasteiger partial charge < -0.3 is 5.11 Å². The summed E-state index contributed by atoms with van der Waals surface area (Å²) in [7, 11) is 0. The van der Waals surface area contributed by atoms with Gasteiger partial charge in [-0.2, -0.15) is 0 Å². The Balaban J connectivity index is 2.95. The number of aromatic hydroxyl groups is 1. The minimum atomic E-state index is 0.00806. The van der Waals surface area contributed by atoms with Crippen LogP contribution in [0, 0.1) is 0 Å². The van der Waals surface area contributed by atoms with Gasteiger partial charge in [-0.05, 0) is 33.6 Å². The fourth-order valence-corrected chi connectivity index (χ4v) is 2.02. The summed E-state index contributed by atoms with van der Waals surface area (Å²) in [4.78, 5) is 7.67. The summed E-state index contributed by atoms with van der Waals surface area (Å²) in [6, 6.07) is 1.58. The monoisotopic (exact) mass is 292 g/mol. The van der Waals surface area contributed by atoms with Crippen molar-refractivity contribution in [3.05, 3.63) is 27.0 Å². The Morgan fingerprint density at radius 2 is 2.07 bits per heavy atom. The van der Waals surface area contributed by atoms with Crippen LogP contribution in [0.15, 0.2) is 16.7 Å². The largest absolute Gasteiger partial charge is 0.505 e. The van der Waals surface area contributed by atoms with Crippen molar-refractivity contribution in [3.8, 4) is 5.75 Å². The van der Waals surface area contributed by atoms with Gasteiger partial charge in [-0.1, -0.05) is 11.6 Å². The second-order valence-corrected chi connectivity index (χ2v) is 4.19. The maximum absolute atomic E-state index is 9.65. The first-order valence-corrected chi connectivity index (χ1v) is 5.13. The SMILES string of the molecule is Oc1c(Br)cc(Cl)c2cnc(Cl)nc12. The fraction of sp³-hybridized carbons (Fsp3) is 0. The first-order chi connectivity index (χ1) is 6.59. The molecule has 1 aromatic carbocycles. The van der Waals surface area contributed by atoms with Gasteiger partial charge in [0.25, 0.3) is 0 Å². The van der Waals surface area contributed by atoms with Gasteiger partial charge in [-0.15, -0.1) is 0 Å². The lowest BCUT2D eigenvalue weighted by Gasteiger charge is -2.04. The average Bonchev–Trinajstić information content (AvgIpc) is 2.14. The quantitative estimate of drug-likeness (QED) is 0.757. The molecule has 0 bridgehead atoms. The van der Waals surface area contributed by atoms with Gasteiger partial charge in [0.15, 0.2) is 5.75 Å². The van der Waals surface area contributed by atoms with Crippen molar-refractivity contribution in [3.63, 3.8) is 0 Å². The van der Waals surface area contributed by atoms with E-state index in [9.17, 15) is 5.11 Å². The normalized spacial score (nSPS) is 10.8. The van der Waals surface area contributed by atoms with Crippen LogP contribution in [-0.2, 0) is 0 Å². The van der Waals surface area contributed by atoms with Crippen LogP contribution in [0.1, 0.15) is 0 Å². The number of rotatable bonds is 0. The van der Waals surface area contributed by atoms with Gasteiger partial charge in [-0.3, -0.25) is 0 Å². The molecule has 6 heteroatoms. The molecule has 0 saturated heterocycles. The number of hydrogen-bond donors (Lipinski definition) is 1. The van der Waals surface area contributed by atoms with E-state index in [1.54, 1.807) is 6.07 Å². The zero-order chi connectivity index (χ0) is 10.3. The number of phenols is 1. The van der Waals surface area contributed by atoms with Crippen molar-refractivity contribution in [2.75, 3.05) is 0 Å². The Kier molecular flexibility index (Phi) is 2.51. The number of aromatic nitrogens is 2. The first kappa shape index (κ1) is 9.96. The molecule has 1 heterocycles. The number of fused-ring (bicyclic) bond motifs is 1. The van der Waals surface area contributed by atoms with Crippen LogP contribution in [0.2, 0.25) is 10.3 Å². The zero-order valence-corrected chi connectivity index (χ0v) is 9.73. The van der Waals surface area contributed by atoms with Gasteiger partial charge >= 0.3 is 0 Å². The summed E-state index contributed by atoms with van der Waals surface area (Å²) in [5.41, 5.74) is 0.337. The van der Waals surface area contributed by atoms with Crippen LogP contribution >= 0.6 is 39.1 Å². The molecule has 0 amide bonds. The Morgan fingerprint density at radius 1 is 1.36 bits per heavy atom. The predicted octanol–water partition coefficient (Wildman–Crippen LogP) is 3.40. The number of phenolic OH excluding ortho intramolecular Hbond substituents is 1. The molecule has 0 unspecified atom stereocenters. The maximum Gasteiger partial charge on any atom is 0.223 e. The first-order valence-electron chi connectivity index (χ1n) is 3.59. The molecule has 0 aliphatic rings. The smallest absolute Gasteiger partial charge is 0.223 e. The average molecular weight is 294 g/mol. The van der Waals surface area contributed by atoms with Crippen molar-refractivity contribution >= 4 is 50.0 Å². The van der Waals surface area contributed by atoms with Crippen molar-refractivity contribution < 1.29 is 5.11 Å². The zero-order valence-electron chi connectivity index (χ0n) is 6.63. The lowest BCUT2D eigenvalue weighted by atomic mass is 10.2. The maximum atomic E-state index is 9.65. The highest BCUT2D eigenvalue weighted by Gasteiger charge is 2.10. The third-order valence-electron chi connectivity index (χ3n) is 1.72. The lowest BCUT2D eigenvalue weighted by molar-refractivity contribution is 0.477. The van der Waals surface area contributed by atoms with Crippen LogP contribution in [0.3, 0.4) is 0 Å². The van der Waals surface area contributed by atoms with Gasteiger partial charge in [-0.25, -0.2) is 9.97 Å². The lowest BCUT2D eigenvalue weighted by Crippen LogP contribution is -1.86. The predicted molar refractivity (Wildman–Crippen MR) is 58.9 cm³/mol. The second-order valence-electron chi connectivity index (χ2n) is 2.59. The topological polar surface area (TPSA) is 46.0 Å². The fourth-order valence-electron chi connectivity index (χ4n) is 1.09. The molecule has 0 atom stereocenters. The summed E-state index contributed by atoms with van der Waals surface area (Å²) in [6.45, 7) is 0. The van der Waals surface area contributed by atoms with Gasteiger partial charge in [0.2, 0.25) is 5.28 Å². The molecular weight excluding hydrogens is 291 g/mol. The molecule has 3 nitrogen and oxygen atoms in total. The van der Waals surface area contributed by atoms with E-state index in [1.165, 1.54) is 6.20 Å². The van der Waals surface area contributed by atoms with E-state index < -0.39 is 0 Å². The Morgan fingerprint density at radius 3 is 2.79 bits per heavy atom. The van der Waals surface area contributed by atoms with E-state index in [2.05, 4.69) is 25.9 Å². The molecule has 14 heavy (non-hydrogen) atoms. The Labute approximate surface area is 97.8 Å². The van der Waals surface area contributed by atoms with Gasteiger partial charge in [0, 0.05) is 11.6 Å². The van der Waals surface area contributed by atoms with Crippen molar-refractivity contribution in [2.24, 2.45) is 0 Å². The van der Waals surface area contributed by atoms with Gasteiger partial charge in [0.05, 0.1) is 9.50 Å². The third kappa shape index (κ3) is 1.54. The molecule has 2 rings (SSSR count). The molecule has 0 aliphatic heterocycles. The molecule has 1 N–H and O–H groups in total. The standard InChI is InChI=1S/C8H3BrCl2N2O/c9-4-1-5(10)3-2-12-8(11)13-6(3)7(4)14/h1-2,14H. The third-order valence-corrected chi connectivity index (χ3v) is 2.82. The highest BCUT2D eigenvalue weighted by Crippen LogP contribution is 2.36. The number of benzene rings is 1. The molecule has 0 aliphatic carbocycles. The summed E-state index contributed by atoms with van der Waals surface area (Å²) in [5, 5.41) is 10.7. The highest BCUT2D eigenvalue weighted by atomic mass is 79.9. The Bertz CT molecular complexity index is 518. The minimum Gasteiger partial charge on any atom is -0.505 e. The molecule has 2 aromatic rings. The molecule has 0 radical (unpaired) electrons. The summed E-state index contributed by atoms with van der Waals surface area (Å²) >= 11 is 14.7. The molecular formula is C8H3BrCl2N2O. The van der Waals surface area contributed by atoms with Crippen LogP contribution < -0.4 is 0 Å². The van der Waals surface area contributed by atoms with Crippen LogP contribution in [0.4, 0.5) is 0 Å². The number of nitrogens with zero attached hydrogens (tertiary/aromatic N) is 2. The van der Waals surface area contributed by atoms with Crippen LogP contribution in [0.25, 0.3) is 10.9 Å². The summed E-state index contributed by atoms with van der Waals surface area (Å²) in [6.07, 6.45) is 1.47. The van der Waals surface area contributed by atoms with E-state index >= 15 is 0 Å². The van der Waals surface area contributed by atoms with E-state index in [-0.39, 0.29) is 11.0 Å². The van der Waals surface area contributed by atoms with E-state index in [1.807, 2.05) is 0 Å².